The molecule has 1 N–H and O–H groups in total. The van der Waals surface area contributed by atoms with Crippen LogP contribution >= 0.6 is 11.8 Å². The summed E-state index contributed by atoms with van der Waals surface area (Å²) >= 11 is 2.20. The van der Waals surface area contributed by atoms with E-state index in [-0.39, 0.29) is 12.1 Å². The highest BCUT2D eigenvalue weighted by atomic mass is 32.2. The number of hydrogen-bond acceptors (Lipinski definition) is 4. The Morgan fingerprint density at radius 1 is 1.26 bits per heavy atom. The third-order valence-corrected chi connectivity index (χ3v) is 7.63. The van der Waals surface area contributed by atoms with Gasteiger partial charge in [-0.2, -0.15) is 11.8 Å². The van der Waals surface area contributed by atoms with E-state index >= 15 is 0 Å². The molecule has 2 heterocycles. The molecule has 3 atom stereocenters. The van der Waals surface area contributed by atoms with Crippen molar-refractivity contribution in [2.24, 2.45) is 5.92 Å². The van der Waals surface area contributed by atoms with E-state index in [1.807, 2.05) is 13.8 Å². The van der Waals surface area contributed by atoms with Crippen LogP contribution in [-0.4, -0.2) is 57.9 Å². The monoisotopic (exact) mass is 341 g/mol. The van der Waals surface area contributed by atoms with Crippen molar-refractivity contribution < 1.29 is 9.84 Å². The number of nitrogens with zero attached hydrogens (tertiary/aromatic N) is 1. The van der Waals surface area contributed by atoms with Crippen LogP contribution in [0, 0.1) is 5.92 Å². The fourth-order valence-electron chi connectivity index (χ4n) is 4.97. The lowest BCUT2D eigenvalue weighted by atomic mass is 9.83. The third-order valence-electron chi connectivity index (χ3n) is 6.09. The van der Waals surface area contributed by atoms with Gasteiger partial charge in [-0.15, -0.1) is 0 Å². The van der Waals surface area contributed by atoms with E-state index in [1.165, 1.54) is 37.9 Å². The van der Waals surface area contributed by atoms with Gasteiger partial charge in [0.2, 0.25) is 0 Å². The number of aliphatic hydroxyl groups is 1. The molecule has 2 saturated heterocycles. The first-order valence-corrected chi connectivity index (χ1v) is 10.6. The normalized spacial score (nSPS) is 34.4. The maximum atomic E-state index is 10.9. The van der Waals surface area contributed by atoms with Crippen molar-refractivity contribution >= 4 is 11.8 Å². The van der Waals surface area contributed by atoms with Crippen molar-refractivity contribution in [1.82, 2.24) is 4.90 Å². The minimum atomic E-state index is -0.709. The minimum Gasteiger partial charge on any atom is -0.389 e. The number of rotatable bonds is 3. The predicted octanol–water partition coefficient (Wildman–Crippen LogP) is 3.69. The summed E-state index contributed by atoms with van der Waals surface area (Å²) in [6.07, 6.45) is 9.31. The van der Waals surface area contributed by atoms with Crippen LogP contribution < -0.4 is 0 Å². The van der Waals surface area contributed by atoms with Crippen LogP contribution in [0.5, 0.6) is 0 Å². The molecule has 4 heteroatoms. The number of thioether (sulfide) groups is 1. The largest absolute Gasteiger partial charge is 0.389 e. The zero-order valence-electron chi connectivity index (χ0n) is 15.2. The first kappa shape index (κ1) is 18.0. The topological polar surface area (TPSA) is 32.7 Å². The van der Waals surface area contributed by atoms with Crippen molar-refractivity contribution in [2.45, 2.75) is 88.2 Å². The molecule has 2 aliphatic heterocycles. The summed E-state index contributed by atoms with van der Waals surface area (Å²) in [5.74, 6) is 1.91. The summed E-state index contributed by atoms with van der Waals surface area (Å²) in [5.41, 5.74) is -0.709. The van der Waals surface area contributed by atoms with Gasteiger partial charge in [-0.25, -0.2) is 0 Å². The maximum Gasteiger partial charge on any atom is 0.0771 e. The average Bonchev–Trinajstić information content (AvgIpc) is 2.47. The summed E-state index contributed by atoms with van der Waals surface area (Å²) in [7, 11) is 0. The number of hydrogen-bond donors (Lipinski definition) is 1. The summed E-state index contributed by atoms with van der Waals surface area (Å²) < 4.78 is 6.60. The zero-order chi connectivity index (χ0) is 16.5. The predicted molar refractivity (Wildman–Crippen MR) is 98.1 cm³/mol. The van der Waals surface area contributed by atoms with E-state index in [0.717, 1.165) is 32.5 Å². The molecule has 0 amide bonds. The second kappa shape index (κ2) is 7.23. The van der Waals surface area contributed by atoms with Gasteiger partial charge in [0.1, 0.15) is 0 Å². The molecule has 3 fully saturated rings. The molecule has 1 aliphatic carbocycles. The molecule has 3 rings (SSSR count). The minimum absolute atomic E-state index is 0.130. The quantitative estimate of drug-likeness (QED) is 0.848. The van der Waals surface area contributed by atoms with Crippen LogP contribution in [-0.2, 0) is 4.74 Å². The Morgan fingerprint density at radius 3 is 2.65 bits per heavy atom. The molecule has 1 saturated carbocycles. The highest BCUT2D eigenvalue weighted by Crippen LogP contribution is 2.44. The lowest BCUT2D eigenvalue weighted by Gasteiger charge is -2.52. The van der Waals surface area contributed by atoms with Gasteiger partial charge in [-0.1, -0.05) is 26.2 Å². The first-order chi connectivity index (χ1) is 10.9. The summed E-state index contributed by atoms with van der Waals surface area (Å²) in [6, 6.07) is 0.130. The Hall–Kier alpha value is 0.230. The van der Waals surface area contributed by atoms with Gasteiger partial charge in [0.15, 0.2) is 0 Å². The molecule has 0 unspecified atom stereocenters. The van der Waals surface area contributed by atoms with Crippen molar-refractivity contribution in [2.75, 3.05) is 25.4 Å². The zero-order valence-corrected chi connectivity index (χ0v) is 16.0. The molecule has 23 heavy (non-hydrogen) atoms. The van der Waals surface area contributed by atoms with Crippen LogP contribution in [0.3, 0.4) is 0 Å². The highest BCUT2D eigenvalue weighted by molar-refractivity contribution is 8.00. The second-order valence-corrected chi connectivity index (χ2v) is 10.3. The second-order valence-electron chi connectivity index (χ2n) is 8.70. The fraction of sp³-hybridized carbons (Fsp3) is 1.00. The smallest absolute Gasteiger partial charge is 0.0771 e. The van der Waals surface area contributed by atoms with Crippen LogP contribution in [0.1, 0.15) is 65.7 Å². The third kappa shape index (κ3) is 4.26. The fourth-order valence-corrected chi connectivity index (χ4v) is 6.56. The van der Waals surface area contributed by atoms with Crippen molar-refractivity contribution in [1.29, 1.82) is 0 Å². The standard InChI is InChI=1S/C19H35NO2S/c1-15-7-11-22-16(13-15)17(18(2,3)21)20-10-12-23-19(14-20)8-5-4-6-9-19/h15-17,21H,4-14H2,1-3H3/t15-,16-,17-/m0/s1. The van der Waals surface area contributed by atoms with Crippen LogP contribution in [0.25, 0.3) is 0 Å². The lowest BCUT2D eigenvalue weighted by Crippen LogP contribution is -2.62. The molecule has 0 aromatic carbocycles. The van der Waals surface area contributed by atoms with Gasteiger partial charge >= 0.3 is 0 Å². The first-order valence-electron chi connectivity index (χ1n) is 9.62. The highest BCUT2D eigenvalue weighted by Gasteiger charge is 2.46. The van der Waals surface area contributed by atoms with Gasteiger partial charge in [0, 0.05) is 30.2 Å². The van der Waals surface area contributed by atoms with Gasteiger partial charge in [-0.3, -0.25) is 4.90 Å². The average molecular weight is 342 g/mol. The van der Waals surface area contributed by atoms with E-state index in [2.05, 4.69) is 23.6 Å². The van der Waals surface area contributed by atoms with E-state index in [4.69, 9.17) is 4.74 Å². The maximum absolute atomic E-state index is 10.9. The Kier molecular flexibility index (Phi) is 5.67. The Bertz CT molecular complexity index is 384. The molecule has 1 spiro atoms. The molecule has 0 radical (unpaired) electrons. The van der Waals surface area contributed by atoms with Gasteiger partial charge in [0.25, 0.3) is 0 Å². The van der Waals surface area contributed by atoms with Gasteiger partial charge < -0.3 is 9.84 Å². The summed E-state index contributed by atoms with van der Waals surface area (Å²) in [4.78, 5) is 2.59. The summed E-state index contributed by atoms with van der Waals surface area (Å²) in [5, 5.41) is 10.9. The molecule has 3 aliphatic rings. The lowest BCUT2D eigenvalue weighted by molar-refractivity contribution is -0.123. The van der Waals surface area contributed by atoms with Crippen LogP contribution in [0.2, 0.25) is 0 Å². The van der Waals surface area contributed by atoms with E-state index in [9.17, 15) is 5.11 Å². The molecule has 0 aromatic rings. The van der Waals surface area contributed by atoms with Gasteiger partial charge in [-0.05, 0) is 45.4 Å². The molecular formula is C19H35NO2S. The molecule has 0 bridgehead atoms. The van der Waals surface area contributed by atoms with E-state index in [1.54, 1.807) is 0 Å². The summed E-state index contributed by atoms with van der Waals surface area (Å²) in [6.45, 7) is 9.37. The van der Waals surface area contributed by atoms with Crippen LogP contribution in [0.4, 0.5) is 0 Å². The molecule has 134 valence electrons. The molecular weight excluding hydrogens is 306 g/mol. The van der Waals surface area contributed by atoms with Crippen molar-refractivity contribution in [3.8, 4) is 0 Å². The van der Waals surface area contributed by atoms with Crippen molar-refractivity contribution in [3.63, 3.8) is 0 Å². The van der Waals surface area contributed by atoms with Crippen LogP contribution in [0.15, 0.2) is 0 Å². The van der Waals surface area contributed by atoms with E-state index in [0.29, 0.717) is 10.7 Å². The SMILES string of the molecule is C[C@H]1CCO[C@H]([C@H](N2CCSC3(CCCCC3)C2)C(C)(C)O)C1. The van der Waals surface area contributed by atoms with Gasteiger partial charge in [0.05, 0.1) is 17.7 Å². The molecule has 0 aromatic heterocycles. The Morgan fingerprint density at radius 2 is 2.00 bits per heavy atom. The Labute approximate surface area is 146 Å². The van der Waals surface area contributed by atoms with Crippen molar-refractivity contribution in [3.05, 3.63) is 0 Å². The number of ether oxygens (including phenoxy) is 1. The molecule has 3 nitrogen and oxygen atoms in total. The van der Waals surface area contributed by atoms with E-state index < -0.39 is 5.60 Å². The Balaban J connectivity index is 1.76.